The Balaban J connectivity index is 4.31. The first-order chi connectivity index (χ1) is 31.0. The highest BCUT2D eigenvalue weighted by atomic mass is 16.6. The lowest BCUT2D eigenvalue weighted by atomic mass is 10.1. The van der Waals surface area contributed by atoms with Crippen LogP contribution < -0.4 is 0 Å². The molecule has 6 nitrogen and oxygen atoms in total. The molecule has 0 aromatic heterocycles. The molecule has 1 unspecified atom stereocenters. The van der Waals surface area contributed by atoms with Crippen LogP contribution in [0.1, 0.15) is 239 Å². The normalized spacial score (nSPS) is 12.7. The standard InChI is InChI=1S/C57H96O6/c1-4-7-10-13-16-18-20-22-24-26-27-28-29-31-32-34-36-38-41-44-47-50-56(59)62-53-54(52-61-55(58)49-46-43-40-15-12-9-6-3)63-57(60)51-48-45-42-39-37-35-33-30-25-23-21-19-17-14-11-8-5-2/h7,10,16-19,22-25,27-28,31-32,54H,4-6,8-9,11-15,20-21,26,29-30,33-53H2,1-3H3/b10-7-,18-16-,19-17-,24-22-,25-23-,28-27-,32-31-. The zero-order chi connectivity index (χ0) is 45.8. The first-order valence-electron chi connectivity index (χ1n) is 26.1. The monoisotopic (exact) mass is 877 g/mol. The van der Waals surface area contributed by atoms with Crippen molar-refractivity contribution in [3.63, 3.8) is 0 Å². The van der Waals surface area contributed by atoms with Gasteiger partial charge in [0.1, 0.15) is 13.2 Å². The third kappa shape index (κ3) is 49.5. The van der Waals surface area contributed by atoms with E-state index in [1.165, 1.54) is 77.0 Å². The second kappa shape index (κ2) is 51.2. The van der Waals surface area contributed by atoms with Crippen LogP contribution in [0.25, 0.3) is 0 Å². The Morgan fingerprint density at radius 3 is 1.00 bits per heavy atom. The number of carbonyl (C=O) groups is 3. The molecule has 0 spiro atoms. The molecule has 0 bridgehead atoms. The number of carbonyl (C=O) groups excluding carboxylic acids is 3. The number of hydrogen-bond acceptors (Lipinski definition) is 6. The highest BCUT2D eigenvalue weighted by molar-refractivity contribution is 5.71. The Bertz CT molecular complexity index is 1240. The molecule has 0 radical (unpaired) electrons. The fourth-order valence-corrected chi connectivity index (χ4v) is 6.97. The van der Waals surface area contributed by atoms with Crippen molar-refractivity contribution in [3.05, 3.63) is 85.1 Å². The average Bonchev–Trinajstić information content (AvgIpc) is 3.28. The average molecular weight is 877 g/mol. The van der Waals surface area contributed by atoms with Gasteiger partial charge in [0.25, 0.3) is 0 Å². The summed E-state index contributed by atoms with van der Waals surface area (Å²) in [4.78, 5) is 37.8. The van der Waals surface area contributed by atoms with Gasteiger partial charge in [0.15, 0.2) is 6.10 Å². The Hall–Kier alpha value is -3.41. The smallest absolute Gasteiger partial charge is 0.306 e. The molecular formula is C57H96O6. The van der Waals surface area contributed by atoms with Gasteiger partial charge < -0.3 is 14.2 Å². The molecule has 0 aliphatic rings. The predicted octanol–water partition coefficient (Wildman–Crippen LogP) is 17.2. The van der Waals surface area contributed by atoms with E-state index in [0.717, 1.165) is 122 Å². The van der Waals surface area contributed by atoms with E-state index in [2.05, 4.69) is 106 Å². The van der Waals surface area contributed by atoms with Crippen LogP contribution in [0.2, 0.25) is 0 Å². The lowest BCUT2D eigenvalue weighted by Gasteiger charge is -2.18. The van der Waals surface area contributed by atoms with Gasteiger partial charge in [-0.1, -0.05) is 209 Å². The minimum Gasteiger partial charge on any atom is -0.462 e. The fourth-order valence-electron chi connectivity index (χ4n) is 6.97. The van der Waals surface area contributed by atoms with Gasteiger partial charge in [0.05, 0.1) is 0 Å². The number of unbranched alkanes of at least 4 members (excludes halogenated alkanes) is 21. The van der Waals surface area contributed by atoms with Crippen LogP contribution >= 0.6 is 0 Å². The molecule has 0 fully saturated rings. The van der Waals surface area contributed by atoms with Crippen LogP contribution in [0.15, 0.2) is 85.1 Å². The summed E-state index contributed by atoms with van der Waals surface area (Å²) < 4.78 is 16.7. The van der Waals surface area contributed by atoms with Gasteiger partial charge in [0.2, 0.25) is 0 Å². The molecule has 0 aromatic carbocycles. The van der Waals surface area contributed by atoms with Crippen molar-refractivity contribution < 1.29 is 28.6 Å². The molecule has 0 saturated carbocycles. The molecule has 0 aromatic rings. The summed E-state index contributed by atoms with van der Waals surface area (Å²) in [6.45, 7) is 6.43. The summed E-state index contributed by atoms with van der Waals surface area (Å²) in [5.74, 6) is -0.921. The minimum atomic E-state index is -0.786. The van der Waals surface area contributed by atoms with Crippen molar-refractivity contribution in [1.29, 1.82) is 0 Å². The number of ether oxygens (including phenoxy) is 3. The van der Waals surface area contributed by atoms with Crippen LogP contribution in [0.4, 0.5) is 0 Å². The molecule has 0 rings (SSSR count). The van der Waals surface area contributed by atoms with Gasteiger partial charge in [-0.15, -0.1) is 0 Å². The van der Waals surface area contributed by atoms with Crippen molar-refractivity contribution in [2.24, 2.45) is 0 Å². The lowest BCUT2D eigenvalue weighted by Crippen LogP contribution is -2.30. The maximum atomic E-state index is 12.8. The molecule has 63 heavy (non-hydrogen) atoms. The quantitative estimate of drug-likeness (QED) is 0.0262. The van der Waals surface area contributed by atoms with Gasteiger partial charge in [-0.05, 0) is 96.3 Å². The summed E-state index contributed by atoms with van der Waals surface area (Å²) in [5.41, 5.74) is 0. The number of allylic oxidation sites excluding steroid dienone is 14. The fraction of sp³-hybridized carbons (Fsp3) is 0.702. The molecule has 0 amide bonds. The lowest BCUT2D eigenvalue weighted by molar-refractivity contribution is -0.167. The zero-order valence-electron chi connectivity index (χ0n) is 41.1. The molecule has 0 aliphatic heterocycles. The predicted molar refractivity (Wildman–Crippen MR) is 270 cm³/mol. The molecule has 6 heteroatoms. The second-order valence-electron chi connectivity index (χ2n) is 17.1. The number of rotatable bonds is 46. The largest absolute Gasteiger partial charge is 0.462 e. The molecule has 0 saturated heterocycles. The van der Waals surface area contributed by atoms with Crippen LogP contribution in [0.3, 0.4) is 0 Å². The second-order valence-corrected chi connectivity index (χ2v) is 17.1. The summed E-state index contributed by atoms with van der Waals surface area (Å²) in [7, 11) is 0. The Morgan fingerprint density at radius 2 is 0.619 bits per heavy atom. The van der Waals surface area contributed by atoms with Crippen molar-refractivity contribution >= 4 is 17.9 Å². The summed E-state index contributed by atoms with van der Waals surface area (Å²) >= 11 is 0. The van der Waals surface area contributed by atoms with E-state index in [4.69, 9.17) is 14.2 Å². The van der Waals surface area contributed by atoms with Crippen molar-refractivity contribution in [2.45, 2.75) is 245 Å². The van der Waals surface area contributed by atoms with Crippen molar-refractivity contribution in [1.82, 2.24) is 0 Å². The SMILES string of the molecule is CC/C=C\C/C=C\C/C=C\C/C=C\C/C=C\CCCCCCCC(=O)OCC(COC(=O)CCCCCCCCC)OC(=O)CCCCCCCCC/C=C\C/C=C\CCCCC. The van der Waals surface area contributed by atoms with Crippen molar-refractivity contribution in [2.75, 3.05) is 13.2 Å². The van der Waals surface area contributed by atoms with Gasteiger partial charge in [-0.3, -0.25) is 14.4 Å². The van der Waals surface area contributed by atoms with E-state index in [-0.39, 0.29) is 31.1 Å². The van der Waals surface area contributed by atoms with Gasteiger partial charge >= 0.3 is 17.9 Å². The van der Waals surface area contributed by atoms with E-state index in [0.29, 0.717) is 19.3 Å². The zero-order valence-corrected chi connectivity index (χ0v) is 41.1. The Morgan fingerprint density at radius 1 is 0.333 bits per heavy atom. The Labute approximate surface area is 388 Å². The van der Waals surface area contributed by atoms with Gasteiger partial charge in [-0.2, -0.15) is 0 Å². The highest BCUT2D eigenvalue weighted by Crippen LogP contribution is 2.14. The molecule has 0 heterocycles. The maximum Gasteiger partial charge on any atom is 0.306 e. The summed E-state index contributed by atoms with van der Waals surface area (Å²) in [5, 5.41) is 0. The van der Waals surface area contributed by atoms with E-state index >= 15 is 0 Å². The first-order valence-corrected chi connectivity index (χ1v) is 26.1. The van der Waals surface area contributed by atoms with Gasteiger partial charge in [0, 0.05) is 19.3 Å². The van der Waals surface area contributed by atoms with E-state index in [9.17, 15) is 14.4 Å². The van der Waals surface area contributed by atoms with Crippen LogP contribution in [0.5, 0.6) is 0 Å². The highest BCUT2D eigenvalue weighted by Gasteiger charge is 2.19. The van der Waals surface area contributed by atoms with E-state index < -0.39 is 6.10 Å². The van der Waals surface area contributed by atoms with E-state index in [1.54, 1.807) is 0 Å². The third-order valence-corrected chi connectivity index (χ3v) is 10.9. The van der Waals surface area contributed by atoms with Crippen LogP contribution in [-0.2, 0) is 28.6 Å². The third-order valence-electron chi connectivity index (χ3n) is 10.9. The van der Waals surface area contributed by atoms with Crippen LogP contribution in [0, 0.1) is 0 Å². The Kier molecular flexibility index (Phi) is 48.5. The first kappa shape index (κ1) is 59.6. The topological polar surface area (TPSA) is 78.9 Å². The van der Waals surface area contributed by atoms with E-state index in [1.807, 2.05) is 0 Å². The molecule has 1 atom stereocenters. The maximum absolute atomic E-state index is 12.8. The minimum absolute atomic E-state index is 0.0861. The number of hydrogen-bond donors (Lipinski definition) is 0. The molecule has 0 aliphatic carbocycles. The van der Waals surface area contributed by atoms with Gasteiger partial charge in [-0.25, -0.2) is 0 Å². The summed E-state index contributed by atoms with van der Waals surface area (Å²) in [6, 6.07) is 0. The number of esters is 3. The molecule has 0 N–H and O–H groups in total. The summed E-state index contributed by atoms with van der Waals surface area (Å²) in [6.07, 6.45) is 65.8. The van der Waals surface area contributed by atoms with Crippen molar-refractivity contribution in [3.8, 4) is 0 Å². The molecule has 360 valence electrons. The van der Waals surface area contributed by atoms with Crippen LogP contribution in [-0.4, -0.2) is 37.2 Å². The molecular weight excluding hydrogens is 781 g/mol.